The number of benzene rings is 1. The van der Waals surface area contributed by atoms with Gasteiger partial charge in [-0.25, -0.2) is 4.98 Å². The first kappa shape index (κ1) is 18.7. The number of nitrogens with zero attached hydrogens (tertiary/aromatic N) is 2. The Bertz CT molecular complexity index is 758. The molecule has 0 atom stereocenters. The predicted octanol–water partition coefficient (Wildman–Crippen LogP) is 1.57. The van der Waals surface area contributed by atoms with Crippen molar-refractivity contribution in [1.82, 2.24) is 15.2 Å². The van der Waals surface area contributed by atoms with E-state index in [1.165, 1.54) is 16.2 Å². The largest absolute Gasteiger partial charge is 0.493 e. The summed E-state index contributed by atoms with van der Waals surface area (Å²) in [4.78, 5) is 29.4. The molecule has 0 aliphatic carbocycles. The molecule has 0 aliphatic rings. The van der Waals surface area contributed by atoms with Gasteiger partial charge in [0.1, 0.15) is 5.01 Å². The fraction of sp³-hybridized carbons (Fsp3) is 0.353. The second-order valence-corrected chi connectivity index (χ2v) is 6.28. The summed E-state index contributed by atoms with van der Waals surface area (Å²) in [6, 6.07) is 5.56. The van der Waals surface area contributed by atoms with Crippen LogP contribution in [0.5, 0.6) is 11.5 Å². The third-order valence-electron chi connectivity index (χ3n) is 3.46. The number of likely N-dealkylation sites (N-methyl/N-ethyl adjacent to an activating group) is 1. The van der Waals surface area contributed by atoms with Crippen molar-refractivity contribution in [3.8, 4) is 22.1 Å². The standard InChI is InChI=1S/C17H21N3O4S/c1-20(2)15(22)9-18-14(21)8-11-10-25-17(19-11)12-6-5-7-13(23-3)16(12)24-4/h5-7,10H,8-9H2,1-4H3,(H,18,21). The normalized spacial score (nSPS) is 10.2. The van der Waals surface area contributed by atoms with Gasteiger partial charge in [0, 0.05) is 19.5 Å². The lowest BCUT2D eigenvalue weighted by atomic mass is 10.2. The molecule has 0 bridgehead atoms. The van der Waals surface area contributed by atoms with Crippen molar-refractivity contribution in [2.45, 2.75) is 6.42 Å². The summed E-state index contributed by atoms with van der Waals surface area (Å²) in [7, 11) is 6.44. The van der Waals surface area contributed by atoms with Crippen molar-refractivity contribution in [3.05, 3.63) is 29.3 Å². The number of hydrogen-bond acceptors (Lipinski definition) is 6. The van der Waals surface area contributed by atoms with Crippen LogP contribution < -0.4 is 14.8 Å². The number of carbonyl (C=O) groups is 2. The van der Waals surface area contributed by atoms with Crippen LogP contribution in [0.25, 0.3) is 10.6 Å². The minimum atomic E-state index is -0.246. The summed E-state index contributed by atoms with van der Waals surface area (Å²) in [5.41, 5.74) is 1.45. The van der Waals surface area contributed by atoms with Gasteiger partial charge in [0.15, 0.2) is 11.5 Å². The highest BCUT2D eigenvalue weighted by Crippen LogP contribution is 2.38. The Morgan fingerprint density at radius 1 is 1.24 bits per heavy atom. The molecule has 2 rings (SSSR count). The molecule has 1 heterocycles. The van der Waals surface area contributed by atoms with Crippen molar-refractivity contribution in [1.29, 1.82) is 0 Å². The third-order valence-corrected chi connectivity index (χ3v) is 4.39. The number of carbonyl (C=O) groups excluding carboxylic acids is 2. The minimum absolute atomic E-state index is 0.0213. The lowest BCUT2D eigenvalue weighted by molar-refractivity contribution is -0.130. The van der Waals surface area contributed by atoms with Crippen molar-refractivity contribution < 1.29 is 19.1 Å². The Morgan fingerprint density at radius 3 is 2.64 bits per heavy atom. The number of para-hydroxylation sites is 1. The molecule has 8 heteroatoms. The summed E-state index contributed by atoms with van der Waals surface area (Å²) >= 11 is 1.42. The van der Waals surface area contributed by atoms with Crippen LogP contribution in [0.2, 0.25) is 0 Å². The maximum atomic E-state index is 11.9. The molecular weight excluding hydrogens is 342 g/mol. The zero-order valence-corrected chi connectivity index (χ0v) is 15.5. The lowest BCUT2D eigenvalue weighted by Gasteiger charge is -2.11. The summed E-state index contributed by atoms with van der Waals surface area (Å²) in [5, 5.41) is 5.15. The van der Waals surface area contributed by atoms with Gasteiger partial charge in [0.25, 0.3) is 0 Å². The first-order chi connectivity index (χ1) is 12.0. The van der Waals surface area contributed by atoms with Crippen LogP contribution in [0, 0.1) is 0 Å². The third kappa shape index (κ3) is 4.69. The van der Waals surface area contributed by atoms with Crippen LogP contribution in [0.1, 0.15) is 5.69 Å². The number of hydrogen-bond donors (Lipinski definition) is 1. The van der Waals surface area contributed by atoms with E-state index in [9.17, 15) is 9.59 Å². The second kappa shape index (κ2) is 8.48. The van der Waals surface area contributed by atoms with Gasteiger partial charge in [0.05, 0.1) is 38.4 Å². The molecule has 0 saturated carbocycles. The van der Waals surface area contributed by atoms with Gasteiger partial charge in [-0.15, -0.1) is 11.3 Å². The molecule has 0 spiro atoms. The Hall–Kier alpha value is -2.61. The van der Waals surface area contributed by atoms with E-state index in [0.717, 1.165) is 10.6 Å². The number of aromatic nitrogens is 1. The zero-order chi connectivity index (χ0) is 18.4. The number of methoxy groups -OCH3 is 2. The SMILES string of the molecule is COc1cccc(-c2nc(CC(=O)NCC(=O)N(C)C)cs2)c1OC. The fourth-order valence-electron chi connectivity index (χ4n) is 2.13. The molecule has 2 aromatic rings. The average Bonchev–Trinajstić information content (AvgIpc) is 3.06. The first-order valence-corrected chi connectivity index (χ1v) is 8.46. The van der Waals surface area contributed by atoms with Crippen LogP contribution in [0.3, 0.4) is 0 Å². The lowest BCUT2D eigenvalue weighted by Crippen LogP contribution is -2.36. The molecule has 1 aromatic heterocycles. The highest BCUT2D eigenvalue weighted by molar-refractivity contribution is 7.13. The van der Waals surface area contributed by atoms with Crippen LogP contribution in [-0.4, -0.2) is 56.6 Å². The average molecular weight is 363 g/mol. The van der Waals surface area contributed by atoms with E-state index in [4.69, 9.17) is 9.47 Å². The van der Waals surface area contributed by atoms with E-state index in [-0.39, 0.29) is 24.8 Å². The van der Waals surface area contributed by atoms with Crippen molar-refractivity contribution in [2.75, 3.05) is 34.9 Å². The maximum absolute atomic E-state index is 11.9. The van der Waals surface area contributed by atoms with Crippen molar-refractivity contribution in [3.63, 3.8) is 0 Å². The molecule has 1 aromatic carbocycles. The van der Waals surface area contributed by atoms with Gasteiger partial charge in [-0.1, -0.05) is 6.07 Å². The summed E-state index contributed by atoms with van der Waals surface area (Å²) in [6.07, 6.45) is 0.115. The molecule has 7 nitrogen and oxygen atoms in total. The summed E-state index contributed by atoms with van der Waals surface area (Å²) in [6.45, 7) is -0.0213. The van der Waals surface area contributed by atoms with E-state index in [1.807, 2.05) is 23.6 Å². The first-order valence-electron chi connectivity index (χ1n) is 7.58. The van der Waals surface area contributed by atoms with Gasteiger partial charge >= 0.3 is 0 Å². The van der Waals surface area contributed by atoms with Crippen molar-refractivity contribution in [2.24, 2.45) is 0 Å². The molecular formula is C17H21N3O4S. The molecule has 0 fully saturated rings. The highest BCUT2D eigenvalue weighted by atomic mass is 32.1. The van der Waals surface area contributed by atoms with E-state index < -0.39 is 0 Å². The quantitative estimate of drug-likeness (QED) is 0.808. The molecule has 0 unspecified atom stereocenters. The molecule has 2 amide bonds. The number of amides is 2. The molecule has 1 N–H and O–H groups in total. The number of ether oxygens (including phenoxy) is 2. The van der Waals surface area contributed by atoms with Gasteiger partial charge < -0.3 is 19.7 Å². The zero-order valence-electron chi connectivity index (χ0n) is 14.7. The number of nitrogens with one attached hydrogen (secondary N) is 1. The minimum Gasteiger partial charge on any atom is -0.493 e. The van der Waals surface area contributed by atoms with E-state index >= 15 is 0 Å². The monoisotopic (exact) mass is 363 g/mol. The second-order valence-electron chi connectivity index (χ2n) is 5.43. The Balaban J connectivity index is 2.08. The van der Waals surface area contributed by atoms with Gasteiger partial charge in [-0.3, -0.25) is 9.59 Å². The van der Waals surface area contributed by atoms with Crippen molar-refractivity contribution >= 4 is 23.2 Å². The van der Waals surface area contributed by atoms with E-state index in [2.05, 4.69) is 10.3 Å². The number of thiazole rings is 1. The van der Waals surface area contributed by atoms with Crippen LogP contribution in [0.4, 0.5) is 0 Å². The van der Waals surface area contributed by atoms with Gasteiger partial charge in [0.2, 0.25) is 11.8 Å². The molecule has 25 heavy (non-hydrogen) atoms. The molecule has 0 aliphatic heterocycles. The van der Waals surface area contributed by atoms with Gasteiger partial charge in [-0.2, -0.15) is 0 Å². The van der Waals surface area contributed by atoms with Crippen LogP contribution >= 0.6 is 11.3 Å². The van der Waals surface area contributed by atoms with Crippen LogP contribution in [-0.2, 0) is 16.0 Å². The summed E-state index contributed by atoms with van der Waals surface area (Å²) in [5.74, 6) is 0.821. The highest BCUT2D eigenvalue weighted by Gasteiger charge is 2.16. The molecule has 134 valence electrons. The number of rotatable bonds is 7. The smallest absolute Gasteiger partial charge is 0.241 e. The molecule has 0 radical (unpaired) electrons. The summed E-state index contributed by atoms with van der Waals surface area (Å²) < 4.78 is 10.7. The fourth-order valence-corrected chi connectivity index (χ4v) is 2.97. The van der Waals surface area contributed by atoms with E-state index in [0.29, 0.717) is 17.2 Å². The Morgan fingerprint density at radius 2 is 2.00 bits per heavy atom. The van der Waals surface area contributed by atoms with Gasteiger partial charge in [-0.05, 0) is 12.1 Å². The van der Waals surface area contributed by atoms with Crippen LogP contribution in [0.15, 0.2) is 23.6 Å². The topological polar surface area (TPSA) is 80.8 Å². The maximum Gasteiger partial charge on any atom is 0.241 e. The molecule has 0 saturated heterocycles. The predicted molar refractivity (Wildman–Crippen MR) is 96.1 cm³/mol. The Kier molecular flexibility index (Phi) is 6.35. The van der Waals surface area contributed by atoms with E-state index in [1.54, 1.807) is 28.3 Å². The Labute approximate surface area is 150 Å².